The van der Waals surface area contributed by atoms with Crippen molar-refractivity contribution in [3.63, 3.8) is 0 Å². The highest BCUT2D eigenvalue weighted by atomic mass is 19.1. The molecule has 168 valence electrons. The summed E-state index contributed by atoms with van der Waals surface area (Å²) in [5.41, 5.74) is 3.90. The standard InChI is InChI=1S/C27H21FN4O2/c1-30-24-21(26(33)31(2)27(30)34)23(16-10-4-3-5-11-16)32-20-15-9-8-14-19(20)29-22(25(24)32)17-12-6-7-13-18(17)28/h3-15,22,29H,1-2H3/t22-/m1/s1. The molecule has 34 heavy (non-hydrogen) atoms. The molecule has 0 unspecified atom stereocenters. The fourth-order valence-corrected chi connectivity index (χ4v) is 5.03. The van der Waals surface area contributed by atoms with Gasteiger partial charge in [0, 0.05) is 19.7 Å². The van der Waals surface area contributed by atoms with Crippen LogP contribution in [-0.2, 0) is 14.1 Å². The van der Waals surface area contributed by atoms with Gasteiger partial charge in [-0.05, 0) is 23.8 Å². The van der Waals surface area contributed by atoms with Gasteiger partial charge in [-0.25, -0.2) is 9.18 Å². The molecule has 0 radical (unpaired) electrons. The van der Waals surface area contributed by atoms with Crippen molar-refractivity contribution in [2.45, 2.75) is 6.04 Å². The summed E-state index contributed by atoms with van der Waals surface area (Å²) in [4.78, 5) is 26.6. The Bertz CT molecular complexity index is 1710. The number of hydrogen-bond acceptors (Lipinski definition) is 3. The van der Waals surface area contributed by atoms with E-state index in [0.29, 0.717) is 27.9 Å². The van der Waals surface area contributed by atoms with Crippen molar-refractivity contribution in [1.29, 1.82) is 0 Å². The molecule has 1 atom stereocenters. The van der Waals surface area contributed by atoms with Gasteiger partial charge in [0.1, 0.15) is 5.82 Å². The normalized spacial score (nSPS) is 14.5. The van der Waals surface area contributed by atoms with E-state index in [-0.39, 0.29) is 11.4 Å². The molecule has 5 aromatic rings. The second-order valence-electron chi connectivity index (χ2n) is 8.48. The highest BCUT2D eigenvalue weighted by molar-refractivity contribution is 5.99. The van der Waals surface area contributed by atoms with Gasteiger partial charge < -0.3 is 9.88 Å². The molecule has 0 fully saturated rings. The quantitative estimate of drug-likeness (QED) is 0.433. The van der Waals surface area contributed by atoms with Crippen LogP contribution in [0.1, 0.15) is 17.3 Å². The fraction of sp³-hybridized carbons (Fsp3) is 0.111. The van der Waals surface area contributed by atoms with E-state index in [1.54, 1.807) is 25.2 Å². The molecule has 2 aromatic heterocycles. The Kier molecular flexibility index (Phi) is 4.35. The molecule has 0 saturated carbocycles. The van der Waals surface area contributed by atoms with Crippen LogP contribution in [0.4, 0.5) is 10.1 Å². The zero-order valence-corrected chi connectivity index (χ0v) is 18.6. The first kappa shape index (κ1) is 20.2. The lowest BCUT2D eigenvalue weighted by atomic mass is 9.99. The van der Waals surface area contributed by atoms with Crippen LogP contribution in [-0.4, -0.2) is 13.7 Å². The summed E-state index contributed by atoms with van der Waals surface area (Å²) in [6.45, 7) is 0. The molecule has 3 heterocycles. The van der Waals surface area contributed by atoms with Crippen LogP contribution in [0.5, 0.6) is 0 Å². The van der Waals surface area contributed by atoms with Crippen molar-refractivity contribution in [3.05, 3.63) is 117 Å². The first-order chi connectivity index (χ1) is 16.5. The van der Waals surface area contributed by atoms with Crippen molar-refractivity contribution in [2.75, 3.05) is 5.32 Å². The first-order valence-corrected chi connectivity index (χ1v) is 11.0. The van der Waals surface area contributed by atoms with Crippen LogP contribution in [0.2, 0.25) is 0 Å². The molecule has 3 aromatic carbocycles. The summed E-state index contributed by atoms with van der Waals surface area (Å²) >= 11 is 0. The number of hydrogen-bond donors (Lipinski definition) is 1. The summed E-state index contributed by atoms with van der Waals surface area (Å²) < 4.78 is 19.7. The zero-order chi connectivity index (χ0) is 23.6. The van der Waals surface area contributed by atoms with E-state index < -0.39 is 11.7 Å². The zero-order valence-electron chi connectivity index (χ0n) is 18.6. The minimum atomic E-state index is -0.617. The summed E-state index contributed by atoms with van der Waals surface area (Å²) in [6, 6.07) is 23.3. The molecule has 0 saturated heterocycles. The number of nitrogens with zero attached hydrogens (tertiary/aromatic N) is 3. The maximum absolute atomic E-state index is 15.1. The number of fused-ring (bicyclic) bond motifs is 5. The SMILES string of the molecule is Cn1c(=O)c2c(-c3ccccc3)n3c(c2n(C)c1=O)[C@@H](c1ccccc1F)Nc1ccccc1-3. The Morgan fingerprint density at radius 1 is 0.824 bits per heavy atom. The van der Waals surface area contributed by atoms with Gasteiger partial charge in [-0.1, -0.05) is 60.7 Å². The number of para-hydroxylation sites is 2. The maximum atomic E-state index is 15.1. The topological polar surface area (TPSA) is 61.0 Å². The van der Waals surface area contributed by atoms with Crippen LogP contribution < -0.4 is 16.6 Å². The molecule has 1 aliphatic rings. The van der Waals surface area contributed by atoms with Crippen LogP contribution in [0.15, 0.2) is 88.5 Å². The highest BCUT2D eigenvalue weighted by Gasteiger charge is 2.35. The second kappa shape index (κ2) is 7.31. The Morgan fingerprint density at radius 2 is 1.50 bits per heavy atom. The smallest absolute Gasteiger partial charge is 0.331 e. The Balaban J connectivity index is 1.89. The number of benzene rings is 3. The lowest BCUT2D eigenvalue weighted by Gasteiger charge is -2.31. The summed E-state index contributed by atoms with van der Waals surface area (Å²) in [6.07, 6.45) is 0. The fourth-order valence-electron chi connectivity index (χ4n) is 5.03. The van der Waals surface area contributed by atoms with E-state index in [4.69, 9.17) is 0 Å². The molecule has 0 bridgehead atoms. The van der Waals surface area contributed by atoms with Crippen molar-refractivity contribution >= 4 is 16.6 Å². The van der Waals surface area contributed by atoms with Gasteiger partial charge >= 0.3 is 5.69 Å². The second-order valence-corrected chi connectivity index (χ2v) is 8.48. The van der Waals surface area contributed by atoms with Crippen LogP contribution in [0.25, 0.3) is 27.8 Å². The molecule has 0 spiro atoms. The molecule has 6 nitrogen and oxygen atoms in total. The van der Waals surface area contributed by atoms with Gasteiger partial charge in [0.2, 0.25) is 0 Å². The third kappa shape index (κ3) is 2.67. The van der Waals surface area contributed by atoms with Gasteiger partial charge in [-0.3, -0.25) is 13.9 Å². The Hall–Kier alpha value is -4.39. The number of rotatable bonds is 2. The number of halogens is 1. The third-order valence-corrected chi connectivity index (χ3v) is 6.59. The Labute approximate surface area is 194 Å². The van der Waals surface area contributed by atoms with Crippen molar-refractivity contribution in [1.82, 2.24) is 13.7 Å². The van der Waals surface area contributed by atoms with Crippen molar-refractivity contribution in [3.8, 4) is 16.9 Å². The van der Waals surface area contributed by atoms with E-state index in [2.05, 4.69) is 5.32 Å². The summed E-state index contributed by atoms with van der Waals surface area (Å²) in [7, 11) is 3.13. The molecular weight excluding hydrogens is 431 g/mol. The lowest BCUT2D eigenvalue weighted by Crippen LogP contribution is -2.37. The molecule has 7 heteroatoms. The average molecular weight is 452 g/mol. The van der Waals surface area contributed by atoms with Gasteiger partial charge in [-0.15, -0.1) is 0 Å². The number of aryl methyl sites for hydroxylation is 1. The number of anilines is 1. The van der Waals surface area contributed by atoms with Gasteiger partial charge in [0.25, 0.3) is 5.56 Å². The Morgan fingerprint density at radius 3 is 2.26 bits per heavy atom. The lowest BCUT2D eigenvalue weighted by molar-refractivity contribution is 0.599. The van der Waals surface area contributed by atoms with Crippen LogP contribution in [0, 0.1) is 5.82 Å². The van der Waals surface area contributed by atoms with E-state index in [0.717, 1.165) is 21.5 Å². The molecule has 0 amide bonds. The third-order valence-electron chi connectivity index (χ3n) is 6.59. The number of nitrogens with one attached hydrogen (secondary N) is 1. The van der Waals surface area contributed by atoms with Crippen LogP contribution >= 0.6 is 0 Å². The highest BCUT2D eigenvalue weighted by Crippen LogP contribution is 2.45. The molecular formula is C27H21FN4O2. The van der Waals surface area contributed by atoms with E-state index >= 15 is 4.39 Å². The largest absolute Gasteiger partial charge is 0.371 e. The maximum Gasteiger partial charge on any atom is 0.331 e. The predicted octanol–water partition coefficient (Wildman–Crippen LogP) is 4.35. The summed E-state index contributed by atoms with van der Waals surface area (Å²) in [5.74, 6) is -0.365. The van der Waals surface area contributed by atoms with E-state index in [9.17, 15) is 9.59 Å². The molecule has 0 aliphatic carbocycles. The molecule has 1 N–H and O–H groups in total. The van der Waals surface area contributed by atoms with Gasteiger partial charge in [0.15, 0.2) is 0 Å². The van der Waals surface area contributed by atoms with E-state index in [1.165, 1.54) is 17.7 Å². The van der Waals surface area contributed by atoms with E-state index in [1.807, 2.05) is 59.2 Å². The molecule has 1 aliphatic heterocycles. The minimum absolute atomic E-state index is 0.365. The van der Waals surface area contributed by atoms with Gasteiger partial charge in [-0.2, -0.15) is 0 Å². The summed E-state index contributed by atoms with van der Waals surface area (Å²) in [5, 5.41) is 3.88. The minimum Gasteiger partial charge on any atom is -0.371 e. The monoisotopic (exact) mass is 452 g/mol. The van der Waals surface area contributed by atoms with Crippen LogP contribution in [0.3, 0.4) is 0 Å². The molecule has 6 rings (SSSR count). The van der Waals surface area contributed by atoms with Crippen molar-refractivity contribution in [2.24, 2.45) is 14.1 Å². The first-order valence-electron chi connectivity index (χ1n) is 11.0. The predicted molar refractivity (Wildman–Crippen MR) is 131 cm³/mol. The average Bonchev–Trinajstić information content (AvgIpc) is 3.23. The van der Waals surface area contributed by atoms with Gasteiger partial charge in [0.05, 0.1) is 39.7 Å². The number of aromatic nitrogens is 3. The van der Waals surface area contributed by atoms with Crippen molar-refractivity contribution < 1.29 is 4.39 Å².